The summed E-state index contributed by atoms with van der Waals surface area (Å²) in [5, 5.41) is 20.6. The van der Waals surface area contributed by atoms with Crippen LogP contribution in [0.4, 0.5) is 5.69 Å². The van der Waals surface area contributed by atoms with Crippen LogP contribution in [-0.4, -0.2) is 33.0 Å². The average molecular weight is 420 g/mol. The summed E-state index contributed by atoms with van der Waals surface area (Å²) in [6.45, 7) is 6.10. The molecule has 152 valence electrons. The third kappa shape index (κ3) is 4.70. The van der Waals surface area contributed by atoms with E-state index in [0.29, 0.717) is 34.5 Å². The van der Waals surface area contributed by atoms with Gasteiger partial charge in [-0.3, -0.25) is 9.36 Å². The van der Waals surface area contributed by atoms with E-state index in [9.17, 15) is 4.79 Å². The van der Waals surface area contributed by atoms with Crippen molar-refractivity contribution in [2.75, 3.05) is 12.4 Å². The number of amides is 1. The Labute approximate surface area is 179 Å². The van der Waals surface area contributed by atoms with Crippen LogP contribution in [0.25, 0.3) is 11.4 Å². The lowest BCUT2D eigenvalue weighted by atomic mass is 10.2. The first-order valence-electron chi connectivity index (χ1n) is 9.22. The lowest BCUT2D eigenvalue weighted by molar-refractivity contribution is -0.115. The number of allylic oxidation sites excluding steroid dienone is 1. The summed E-state index contributed by atoms with van der Waals surface area (Å²) in [7, 11) is 1.61. The largest absolute Gasteiger partial charge is 0.496 e. The van der Waals surface area contributed by atoms with Crippen molar-refractivity contribution in [2.24, 2.45) is 0 Å². The number of rotatable bonds is 8. The molecule has 30 heavy (non-hydrogen) atoms. The maximum Gasteiger partial charge on any atom is 0.237 e. The number of nitrogens with one attached hydrogen (secondary N) is 1. The number of hydrogen-bond acceptors (Lipinski definition) is 6. The van der Waals surface area contributed by atoms with E-state index >= 15 is 0 Å². The molecule has 0 saturated heterocycles. The molecule has 0 fully saturated rings. The molecule has 0 saturated carbocycles. The van der Waals surface area contributed by atoms with Crippen molar-refractivity contribution in [2.45, 2.75) is 23.9 Å². The number of nitriles is 1. The minimum atomic E-state index is -0.436. The Morgan fingerprint density at radius 3 is 2.87 bits per heavy atom. The Kier molecular flexibility index (Phi) is 6.88. The number of nitrogens with zero attached hydrogens (tertiary/aromatic N) is 4. The molecule has 1 unspecified atom stereocenters. The van der Waals surface area contributed by atoms with Gasteiger partial charge in [-0.15, -0.1) is 16.8 Å². The first kappa shape index (κ1) is 21.1. The number of ether oxygens (including phenoxy) is 1. The van der Waals surface area contributed by atoms with Crippen LogP contribution >= 0.6 is 11.8 Å². The third-order valence-electron chi connectivity index (χ3n) is 4.29. The van der Waals surface area contributed by atoms with E-state index in [-0.39, 0.29) is 5.91 Å². The number of carbonyl (C=O) groups excluding carboxylic acids is 1. The Morgan fingerprint density at radius 1 is 1.33 bits per heavy atom. The molecule has 3 rings (SSSR count). The van der Waals surface area contributed by atoms with Crippen LogP contribution in [0.1, 0.15) is 12.5 Å². The van der Waals surface area contributed by atoms with Gasteiger partial charge < -0.3 is 10.1 Å². The van der Waals surface area contributed by atoms with Crippen molar-refractivity contribution >= 4 is 23.4 Å². The molecule has 2 aromatic carbocycles. The summed E-state index contributed by atoms with van der Waals surface area (Å²) >= 11 is 1.30. The smallest absolute Gasteiger partial charge is 0.237 e. The number of anilines is 1. The zero-order valence-corrected chi connectivity index (χ0v) is 17.5. The van der Waals surface area contributed by atoms with Gasteiger partial charge in [-0.05, 0) is 37.3 Å². The zero-order valence-electron chi connectivity index (χ0n) is 16.7. The average Bonchev–Trinajstić information content (AvgIpc) is 3.16. The van der Waals surface area contributed by atoms with Gasteiger partial charge in [0.05, 0.1) is 29.6 Å². The van der Waals surface area contributed by atoms with Gasteiger partial charge in [0.15, 0.2) is 11.0 Å². The van der Waals surface area contributed by atoms with Crippen molar-refractivity contribution in [1.29, 1.82) is 5.26 Å². The van der Waals surface area contributed by atoms with Gasteiger partial charge in [-0.25, -0.2) is 0 Å². The van der Waals surface area contributed by atoms with Gasteiger partial charge in [-0.1, -0.05) is 36.0 Å². The molecule has 1 amide bonds. The first-order chi connectivity index (χ1) is 14.6. The molecule has 1 atom stereocenters. The maximum absolute atomic E-state index is 12.7. The quantitative estimate of drug-likeness (QED) is 0.436. The Morgan fingerprint density at radius 2 is 2.13 bits per heavy atom. The molecule has 7 nitrogen and oxygen atoms in total. The molecule has 0 aliphatic carbocycles. The van der Waals surface area contributed by atoms with Crippen LogP contribution in [-0.2, 0) is 11.3 Å². The fourth-order valence-electron chi connectivity index (χ4n) is 2.82. The second kappa shape index (κ2) is 9.76. The normalized spacial score (nSPS) is 11.4. The van der Waals surface area contributed by atoms with Crippen molar-refractivity contribution < 1.29 is 9.53 Å². The summed E-state index contributed by atoms with van der Waals surface area (Å²) in [5.41, 5.74) is 1.88. The Hall–Kier alpha value is -3.57. The number of carbonyl (C=O) groups is 1. The predicted octanol–water partition coefficient (Wildman–Crippen LogP) is 4.13. The minimum absolute atomic E-state index is 0.193. The highest BCUT2D eigenvalue weighted by molar-refractivity contribution is 8.00. The summed E-state index contributed by atoms with van der Waals surface area (Å²) in [4.78, 5) is 12.7. The van der Waals surface area contributed by atoms with E-state index in [1.165, 1.54) is 11.8 Å². The van der Waals surface area contributed by atoms with E-state index < -0.39 is 5.25 Å². The van der Waals surface area contributed by atoms with E-state index in [0.717, 1.165) is 5.56 Å². The van der Waals surface area contributed by atoms with Gasteiger partial charge >= 0.3 is 0 Å². The number of aromatic nitrogens is 3. The highest BCUT2D eigenvalue weighted by Crippen LogP contribution is 2.32. The molecule has 0 bridgehead atoms. The fraction of sp³-hybridized carbons (Fsp3) is 0.182. The minimum Gasteiger partial charge on any atom is -0.496 e. The Balaban J connectivity index is 1.82. The van der Waals surface area contributed by atoms with Crippen molar-refractivity contribution in [3.8, 4) is 23.2 Å². The number of methoxy groups -OCH3 is 1. The van der Waals surface area contributed by atoms with Crippen molar-refractivity contribution in [3.05, 3.63) is 66.7 Å². The van der Waals surface area contributed by atoms with Crippen LogP contribution in [0.2, 0.25) is 0 Å². The number of para-hydroxylation sites is 1. The molecule has 0 aliphatic heterocycles. The molecular formula is C22H21N5O2S. The zero-order chi connectivity index (χ0) is 21.5. The molecule has 1 aromatic heterocycles. The standard InChI is InChI=1S/C22H21N5O2S/c1-4-12-27-20(18-10-5-6-11-19(18)29-3)25-26-22(27)30-15(2)21(28)24-17-9-7-8-16(13-17)14-23/h4-11,13,15H,1,12H2,2-3H3,(H,24,28). The second-order valence-electron chi connectivity index (χ2n) is 6.35. The van der Waals surface area contributed by atoms with E-state index in [2.05, 4.69) is 28.2 Å². The van der Waals surface area contributed by atoms with Crippen LogP contribution in [0, 0.1) is 11.3 Å². The Bertz CT molecular complexity index is 1100. The van der Waals surface area contributed by atoms with Crippen LogP contribution in [0.15, 0.2) is 66.3 Å². The molecule has 0 spiro atoms. The van der Waals surface area contributed by atoms with Crippen LogP contribution in [0.5, 0.6) is 5.75 Å². The van der Waals surface area contributed by atoms with Gasteiger partial charge in [0.25, 0.3) is 0 Å². The van der Waals surface area contributed by atoms with Crippen molar-refractivity contribution in [3.63, 3.8) is 0 Å². The maximum atomic E-state index is 12.7. The molecule has 1 heterocycles. The number of hydrogen-bond donors (Lipinski definition) is 1. The van der Waals surface area contributed by atoms with Crippen LogP contribution in [0.3, 0.4) is 0 Å². The summed E-state index contributed by atoms with van der Waals surface area (Å²) < 4.78 is 7.34. The highest BCUT2D eigenvalue weighted by atomic mass is 32.2. The number of thioether (sulfide) groups is 1. The predicted molar refractivity (Wildman–Crippen MR) is 117 cm³/mol. The molecule has 0 aliphatic rings. The highest BCUT2D eigenvalue weighted by Gasteiger charge is 2.22. The third-order valence-corrected chi connectivity index (χ3v) is 5.37. The summed E-state index contributed by atoms with van der Waals surface area (Å²) in [6.07, 6.45) is 1.75. The van der Waals surface area contributed by atoms with Gasteiger partial charge in [-0.2, -0.15) is 5.26 Å². The first-order valence-corrected chi connectivity index (χ1v) is 10.1. The molecule has 1 N–H and O–H groups in total. The van der Waals surface area contributed by atoms with E-state index in [4.69, 9.17) is 10.00 Å². The molecular weight excluding hydrogens is 398 g/mol. The monoisotopic (exact) mass is 419 g/mol. The summed E-state index contributed by atoms with van der Waals surface area (Å²) in [5.74, 6) is 1.14. The van der Waals surface area contributed by atoms with E-state index in [1.54, 1.807) is 44.4 Å². The lowest BCUT2D eigenvalue weighted by Gasteiger charge is -2.14. The molecule has 3 aromatic rings. The van der Waals surface area contributed by atoms with Gasteiger partial charge in [0, 0.05) is 12.2 Å². The molecule has 8 heteroatoms. The van der Waals surface area contributed by atoms with Crippen LogP contribution < -0.4 is 10.1 Å². The topological polar surface area (TPSA) is 92.8 Å². The SMILES string of the molecule is C=CCn1c(SC(C)C(=O)Nc2cccc(C#N)c2)nnc1-c1ccccc1OC. The van der Waals surface area contributed by atoms with Crippen molar-refractivity contribution in [1.82, 2.24) is 14.8 Å². The van der Waals surface area contributed by atoms with Gasteiger partial charge in [0.1, 0.15) is 5.75 Å². The van der Waals surface area contributed by atoms with Gasteiger partial charge in [0.2, 0.25) is 5.91 Å². The molecule has 0 radical (unpaired) electrons. The summed E-state index contributed by atoms with van der Waals surface area (Å²) in [6, 6.07) is 16.4. The van der Waals surface area contributed by atoms with E-state index in [1.807, 2.05) is 28.8 Å². The second-order valence-corrected chi connectivity index (χ2v) is 7.66. The lowest BCUT2D eigenvalue weighted by Crippen LogP contribution is -2.23. The number of benzene rings is 2. The fourth-order valence-corrected chi connectivity index (χ4v) is 3.68.